The van der Waals surface area contributed by atoms with Crippen molar-refractivity contribution in [1.29, 1.82) is 0 Å². The van der Waals surface area contributed by atoms with E-state index in [-0.39, 0.29) is 0 Å². The molecular weight excluding hydrogens is 286 g/mol. The predicted molar refractivity (Wildman–Crippen MR) is 77.3 cm³/mol. The third-order valence-electron chi connectivity index (χ3n) is 5.50. The maximum atomic E-state index is 3.81. The van der Waals surface area contributed by atoms with Gasteiger partial charge in [-0.1, -0.05) is 28.1 Å². The van der Waals surface area contributed by atoms with Gasteiger partial charge in [-0.3, -0.25) is 0 Å². The molecule has 3 aliphatic carbocycles. The number of hydrogen-bond acceptors (Lipinski definition) is 1. The minimum Gasteiger partial charge on any atom is -0.309 e. The van der Waals surface area contributed by atoms with Gasteiger partial charge in [0.1, 0.15) is 0 Å². The molecule has 3 fully saturated rings. The quantitative estimate of drug-likeness (QED) is 0.893. The molecule has 0 aromatic heterocycles. The Bertz CT molecular complexity index is 468. The minimum absolute atomic E-state index is 0.847. The molecule has 2 heteroatoms. The number of halogens is 1. The van der Waals surface area contributed by atoms with Crippen LogP contribution >= 0.6 is 15.9 Å². The summed E-state index contributed by atoms with van der Waals surface area (Å²) in [5.41, 5.74) is 2.76. The van der Waals surface area contributed by atoms with Crippen LogP contribution < -0.4 is 5.32 Å². The summed E-state index contributed by atoms with van der Waals surface area (Å²) in [7, 11) is 0. The van der Waals surface area contributed by atoms with E-state index in [4.69, 9.17) is 0 Å². The molecule has 0 saturated heterocycles. The van der Waals surface area contributed by atoms with Gasteiger partial charge < -0.3 is 5.32 Å². The van der Waals surface area contributed by atoms with Gasteiger partial charge in [0.05, 0.1) is 0 Å². The first-order valence-corrected chi connectivity index (χ1v) is 8.02. The first kappa shape index (κ1) is 11.5. The van der Waals surface area contributed by atoms with Gasteiger partial charge >= 0.3 is 0 Å². The van der Waals surface area contributed by atoms with Crippen LogP contribution in [-0.2, 0) is 6.54 Å². The Labute approximate surface area is 117 Å². The van der Waals surface area contributed by atoms with Gasteiger partial charge in [0.25, 0.3) is 0 Å². The maximum Gasteiger partial charge on any atom is 0.0208 e. The summed E-state index contributed by atoms with van der Waals surface area (Å²) in [6.07, 6.45) is 4.58. The lowest BCUT2D eigenvalue weighted by Gasteiger charge is -2.11. The number of hydrogen-bond donors (Lipinski definition) is 1. The van der Waals surface area contributed by atoms with Gasteiger partial charge in [-0.25, -0.2) is 0 Å². The minimum atomic E-state index is 0.847. The molecule has 96 valence electrons. The van der Waals surface area contributed by atoms with Gasteiger partial charge in [-0.05, 0) is 67.1 Å². The average molecular weight is 306 g/mol. The molecule has 4 atom stereocenters. The van der Waals surface area contributed by atoms with Crippen LogP contribution in [0.3, 0.4) is 0 Å². The van der Waals surface area contributed by atoms with Crippen molar-refractivity contribution in [2.75, 3.05) is 0 Å². The SMILES string of the molecule is Cc1cc(CNC2C3C4CCC(C4)C23)ccc1Br. The van der Waals surface area contributed by atoms with Crippen molar-refractivity contribution in [1.82, 2.24) is 5.32 Å². The van der Waals surface area contributed by atoms with Gasteiger partial charge in [0.2, 0.25) is 0 Å². The van der Waals surface area contributed by atoms with E-state index in [1.54, 1.807) is 6.42 Å². The van der Waals surface area contributed by atoms with Crippen molar-refractivity contribution in [3.63, 3.8) is 0 Å². The zero-order chi connectivity index (χ0) is 12.3. The zero-order valence-electron chi connectivity index (χ0n) is 10.8. The fraction of sp³-hybridized carbons (Fsp3) is 0.625. The highest BCUT2D eigenvalue weighted by molar-refractivity contribution is 9.10. The lowest BCUT2D eigenvalue weighted by atomic mass is 10.0. The third kappa shape index (κ3) is 1.69. The molecule has 18 heavy (non-hydrogen) atoms. The molecule has 1 aromatic rings. The molecule has 1 N–H and O–H groups in total. The molecule has 0 amide bonds. The van der Waals surface area contributed by atoms with E-state index in [0.29, 0.717) is 0 Å². The summed E-state index contributed by atoms with van der Waals surface area (Å²) in [4.78, 5) is 0. The molecule has 3 saturated carbocycles. The van der Waals surface area contributed by atoms with E-state index >= 15 is 0 Å². The Kier molecular flexibility index (Phi) is 2.60. The summed E-state index contributed by atoms with van der Waals surface area (Å²) >= 11 is 3.56. The summed E-state index contributed by atoms with van der Waals surface area (Å²) in [6, 6.07) is 7.55. The molecule has 0 aliphatic heterocycles. The smallest absolute Gasteiger partial charge is 0.0208 e. The average Bonchev–Trinajstić information content (AvgIpc) is 2.76. The fourth-order valence-corrected chi connectivity index (χ4v) is 4.90. The molecule has 1 aromatic carbocycles. The fourth-order valence-electron chi connectivity index (χ4n) is 4.65. The topological polar surface area (TPSA) is 12.0 Å². The molecule has 1 nitrogen and oxygen atoms in total. The number of aryl methyl sites for hydroxylation is 1. The van der Waals surface area contributed by atoms with Crippen molar-refractivity contribution in [2.45, 2.75) is 38.8 Å². The number of rotatable bonds is 3. The highest BCUT2D eigenvalue weighted by atomic mass is 79.9. The second kappa shape index (κ2) is 4.08. The zero-order valence-corrected chi connectivity index (χ0v) is 12.4. The maximum absolute atomic E-state index is 3.81. The van der Waals surface area contributed by atoms with Gasteiger partial charge in [-0.2, -0.15) is 0 Å². The van der Waals surface area contributed by atoms with Gasteiger partial charge in [0.15, 0.2) is 0 Å². The Morgan fingerprint density at radius 3 is 2.61 bits per heavy atom. The second-order valence-corrected chi connectivity index (χ2v) is 7.33. The lowest BCUT2D eigenvalue weighted by Crippen LogP contribution is -2.22. The largest absolute Gasteiger partial charge is 0.309 e. The number of benzene rings is 1. The van der Waals surface area contributed by atoms with Crippen molar-refractivity contribution in [2.24, 2.45) is 23.7 Å². The van der Waals surface area contributed by atoms with E-state index in [2.05, 4.69) is 46.4 Å². The summed E-state index contributed by atoms with van der Waals surface area (Å²) in [5, 5.41) is 3.81. The van der Waals surface area contributed by atoms with E-state index < -0.39 is 0 Å². The normalized spacial score (nSPS) is 40.0. The standard InChI is InChI=1S/C16H20BrN/c1-9-6-10(2-5-13(9)17)8-18-16-14-11-3-4-12(7-11)15(14)16/h2,5-6,11-12,14-16,18H,3-4,7-8H2,1H3. The van der Waals surface area contributed by atoms with Crippen LogP contribution in [0.1, 0.15) is 30.4 Å². The van der Waals surface area contributed by atoms with E-state index in [1.807, 2.05) is 0 Å². The number of fused-ring (bicyclic) bond motifs is 5. The molecular formula is C16H20BrN. The van der Waals surface area contributed by atoms with Crippen LogP contribution in [0.25, 0.3) is 0 Å². The Morgan fingerprint density at radius 2 is 1.94 bits per heavy atom. The Hall–Kier alpha value is -0.340. The van der Waals surface area contributed by atoms with Crippen molar-refractivity contribution >= 4 is 15.9 Å². The summed E-state index contributed by atoms with van der Waals surface area (Å²) in [5.74, 6) is 4.23. The Morgan fingerprint density at radius 1 is 1.22 bits per heavy atom. The van der Waals surface area contributed by atoms with Crippen LogP contribution in [0.4, 0.5) is 0 Å². The summed E-state index contributed by atoms with van der Waals surface area (Å²) in [6.45, 7) is 3.21. The van der Waals surface area contributed by atoms with Crippen LogP contribution in [-0.4, -0.2) is 6.04 Å². The molecule has 0 radical (unpaired) electrons. The van der Waals surface area contributed by atoms with E-state index in [1.165, 1.54) is 28.4 Å². The van der Waals surface area contributed by atoms with Gasteiger partial charge in [0, 0.05) is 17.1 Å². The van der Waals surface area contributed by atoms with Crippen LogP contribution in [0.15, 0.2) is 22.7 Å². The predicted octanol–water partition coefficient (Wildman–Crippen LogP) is 3.89. The van der Waals surface area contributed by atoms with Gasteiger partial charge in [-0.15, -0.1) is 0 Å². The highest BCUT2D eigenvalue weighted by Gasteiger charge is 2.64. The van der Waals surface area contributed by atoms with Crippen molar-refractivity contribution < 1.29 is 0 Å². The Balaban J connectivity index is 1.39. The molecule has 4 unspecified atom stereocenters. The lowest BCUT2D eigenvalue weighted by molar-refractivity contribution is 0.456. The monoisotopic (exact) mass is 305 g/mol. The molecule has 2 bridgehead atoms. The van der Waals surface area contributed by atoms with Crippen molar-refractivity contribution in [3.05, 3.63) is 33.8 Å². The summed E-state index contributed by atoms with van der Waals surface area (Å²) < 4.78 is 1.22. The first-order chi connectivity index (χ1) is 8.74. The van der Waals surface area contributed by atoms with Crippen LogP contribution in [0.5, 0.6) is 0 Å². The number of nitrogens with one attached hydrogen (secondary N) is 1. The molecule has 3 aliphatic rings. The molecule has 0 spiro atoms. The van der Waals surface area contributed by atoms with Crippen LogP contribution in [0.2, 0.25) is 0 Å². The highest BCUT2D eigenvalue weighted by Crippen LogP contribution is 2.65. The van der Waals surface area contributed by atoms with Crippen LogP contribution in [0, 0.1) is 30.6 Å². The first-order valence-electron chi connectivity index (χ1n) is 7.22. The molecule has 4 rings (SSSR count). The second-order valence-electron chi connectivity index (χ2n) is 6.48. The van der Waals surface area contributed by atoms with E-state index in [0.717, 1.165) is 36.3 Å². The van der Waals surface area contributed by atoms with E-state index in [9.17, 15) is 0 Å². The molecule has 0 heterocycles. The third-order valence-corrected chi connectivity index (χ3v) is 6.39. The van der Waals surface area contributed by atoms with Crippen molar-refractivity contribution in [3.8, 4) is 0 Å².